The lowest BCUT2D eigenvalue weighted by atomic mass is 9.83. The molecule has 1 amide bonds. The maximum Gasteiger partial charge on any atom is 0.222 e. The highest BCUT2D eigenvalue weighted by atomic mass is 16.2. The second kappa shape index (κ2) is 6.24. The summed E-state index contributed by atoms with van der Waals surface area (Å²) in [5.74, 6) is 1.21. The summed E-state index contributed by atoms with van der Waals surface area (Å²) in [6.07, 6.45) is 5.33. The summed E-state index contributed by atoms with van der Waals surface area (Å²) in [5.41, 5.74) is 6.06. The van der Waals surface area contributed by atoms with Gasteiger partial charge in [-0.25, -0.2) is 0 Å². The molecular formula is C13H26N2O. The first-order valence-electron chi connectivity index (χ1n) is 6.50. The van der Waals surface area contributed by atoms with E-state index < -0.39 is 0 Å². The molecule has 2 N–H and O–H groups in total. The Kier molecular flexibility index (Phi) is 5.26. The molecule has 1 aliphatic rings. The third kappa shape index (κ3) is 4.12. The van der Waals surface area contributed by atoms with Crippen LogP contribution in [0.3, 0.4) is 0 Å². The SMILES string of the molecule is CC(C)CN(C)C(=O)CC1CCCCC1N. The highest BCUT2D eigenvalue weighted by Gasteiger charge is 2.25. The van der Waals surface area contributed by atoms with Crippen LogP contribution in [0.25, 0.3) is 0 Å². The van der Waals surface area contributed by atoms with Crippen LogP contribution in [-0.4, -0.2) is 30.4 Å². The van der Waals surface area contributed by atoms with E-state index in [0.717, 1.165) is 19.4 Å². The van der Waals surface area contributed by atoms with Gasteiger partial charge in [-0.2, -0.15) is 0 Å². The largest absolute Gasteiger partial charge is 0.345 e. The van der Waals surface area contributed by atoms with Crippen LogP contribution in [0.5, 0.6) is 0 Å². The monoisotopic (exact) mass is 226 g/mol. The average Bonchev–Trinajstić information content (AvgIpc) is 2.20. The molecule has 0 radical (unpaired) electrons. The van der Waals surface area contributed by atoms with Crippen LogP contribution in [0.2, 0.25) is 0 Å². The van der Waals surface area contributed by atoms with Crippen LogP contribution >= 0.6 is 0 Å². The van der Waals surface area contributed by atoms with Crippen molar-refractivity contribution < 1.29 is 4.79 Å². The van der Waals surface area contributed by atoms with Gasteiger partial charge in [-0.3, -0.25) is 4.79 Å². The number of carbonyl (C=O) groups excluding carboxylic acids is 1. The van der Waals surface area contributed by atoms with Gasteiger partial charge < -0.3 is 10.6 Å². The summed E-state index contributed by atoms with van der Waals surface area (Å²) < 4.78 is 0. The number of hydrogen-bond donors (Lipinski definition) is 1. The van der Waals surface area contributed by atoms with Crippen molar-refractivity contribution in [2.75, 3.05) is 13.6 Å². The minimum absolute atomic E-state index is 0.241. The van der Waals surface area contributed by atoms with Crippen molar-refractivity contribution in [1.29, 1.82) is 0 Å². The summed E-state index contributed by atoms with van der Waals surface area (Å²) in [6.45, 7) is 5.12. The van der Waals surface area contributed by atoms with Crippen LogP contribution in [-0.2, 0) is 4.79 Å². The number of carbonyl (C=O) groups is 1. The van der Waals surface area contributed by atoms with Crippen molar-refractivity contribution in [3.05, 3.63) is 0 Å². The fourth-order valence-corrected chi connectivity index (χ4v) is 2.52. The molecule has 94 valence electrons. The molecule has 2 atom stereocenters. The third-order valence-electron chi connectivity index (χ3n) is 3.47. The molecule has 0 aromatic carbocycles. The lowest BCUT2D eigenvalue weighted by Gasteiger charge is -2.30. The van der Waals surface area contributed by atoms with Gasteiger partial charge in [0.2, 0.25) is 5.91 Å². The van der Waals surface area contributed by atoms with Gasteiger partial charge in [0.25, 0.3) is 0 Å². The van der Waals surface area contributed by atoms with E-state index in [1.54, 1.807) is 0 Å². The Labute approximate surface area is 99.4 Å². The molecule has 1 fully saturated rings. The molecule has 0 bridgehead atoms. The molecule has 1 rings (SSSR count). The van der Waals surface area contributed by atoms with E-state index in [-0.39, 0.29) is 11.9 Å². The zero-order valence-electron chi connectivity index (χ0n) is 10.9. The summed E-state index contributed by atoms with van der Waals surface area (Å²) in [5, 5.41) is 0. The zero-order chi connectivity index (χ0) is 12.1. The molecule has 3 nitrogen and oxygen atoms in total. The van der Waals surface area contributed by atoms with E-state index in [1.165, 1.54) is 12.8 Å². The van der Waals surface area contributed by atoms with Gasteiger partial charge in [-0.1, -0.05) is 26.7 Å². The van der Waals surface area contributed by atoms with Crippen LogP contribution in [0.4, 0.5) is 0 Å². The van der Waals surface area contributed by atoms with Gasteiger partial charge in [-0.05, 0) is 24.7 Å². The second-order valence-corrected chi connectivity index (χ2v) is 5.58. The summed E-state index contributed by atoms with van der Waals surface area (Å²) in [6, 6.07) is 0.241. The summed E-state index contributed by atoms with van der Waals surface area (Å²) in [4.78, 5) is 13.8. The Balaban J connectivity index is 2.37. The Bertz CT molecular complexity index is 228. The van der Waals surface area contributed by atoms with Crippen molar-refractivity contribution >= 4 is 5.91 Å². The number of amides is 1. The van der Waals surface area contributed by atoms with Gasteiger partial charge in [-0.15, -0.1) is 0 Å². The lowest BCUT2D eigenvalue weighted by Crippen LogP contribution is -2.38. The molecule has 16 heavy (non-hydrogen) atoms. The van der Waals surface area contributed by atoms with Crippen LogP contribution in [0.1, 0.15) is 46.0 Å². The molecule has 1 saturated carbocycles. The number of nitrogens with zero attached hydrogens (tertiary/aromatic N) is 1. The number of hydrogen-bond acceptors (Lipinski definition) is 2. The summed E-state index contributed by atoms with van der Waals surface area (Å²) in [7, 11) is 1.90. The number of nitrogens with two attached hydrogens (primary N) is 1. The molecule has 0 saturated heterocycles. The molecule has 0 heterocycles. The Hall–Kier alpha value is -0.570. The van der Waals surface area contributed by atoms with Crippen LogP contribution in [0.15, 0.2) is 0 Å². The molecule has 0 spiro atoms. The van der Waals surface area contributed by atoms with E-state index in [4.69, 9.17) is 5.73 Å². The van der Waals surface area contributed by atoms with Gasteiger partial charge >= 0.3 is 0 Å². The van der Waals surface area contributed by atoms with E-state index in [1.807, 2.05) is 11.9 Å². The average molecular weight is 226 g/mol. The Morgan fingerprint density at radius 3 is 2.56 bits per heavy atom. The normalized spacial score (nSPS) is 25.8. The van der Waals surface area contributed by atoms with Gasteiger partial charge in [0.05, 0.1) is 0 Å². The van der Waals surface area contributed by atoms with Gasteiger partial charge in [0.15, 0.2) is 0 Å². The Morgan fingerprint density at radius 2 is 2.00 bits per heavy atom. The predicted octanol–water partition coefficient (Wildman–Crippen LogP) is 2.01. The van der Waals surface area contributed by atoms with Crippen LogP contribution in [0, 0.1) is 11.8 Å². The first-order chi connectivity index (χ1) is 7.50. The molecule has 3 heteroatoms. The quantitative estimate of drug-likeness (QED) is 0.797. The maximum absolute atomic E-state index is 12.0. The van der Waals surface area contributed by atoms with Crippen LogP contribution < -0.4 is 5.73 Å². The maximum atomic E-state index is 12.0. The van der Waals surface area contributed by atoms with E-state index in [0.29, 0.717) is 18.3 Å². The summed E-state index contributed by atoms with van der Waals surface area (Å²) >= 11 is 0. The molecule has 1 aliphatic carbocycles. The zero-order valence-corrected chi connectivity index (χ0v) is 10.9. The molecule has 0 aliphatic heterocycles. The molecule has 0 aromatic heterocycles. The predicted molar refractivity (Wildman–Crippen MR) is 67.0 cm³/mol. The molecule has 2 unspecified atom stereocenters. The number of rotatable bonds is 4. The van der Waals surface area contributed by atoms with Gasteiger partial charge in [0, 0.05) is 26.1 Å². The second-order valence-electron chi connectivity index (χ2n) is 5.58. The molecular weight excluding hydrogens is 200 g/mol. The lowest BCUT2D eigenvalue weighted by molar-refractivity contribution is -0.131. The minimum atomic E-state index is 0.241. The van der Waals surface area contributed by atoms with Crippen molar-refractivity contribution in [3.63, 3.8) is 0 Å². The van der Waals surface area contributed by atoms with E-state index in [9.17, 15) is 4.79 Å². The topological polar surface area (TPSA) is 46.3 Å². The first-order valence-corrected chi connectivity index (χ1v) is 6.50. The van der Waals surface area contributed by atoms with Crippen molar-refractivity contribution in [2.45, 2.75) is 52.0 Å². The fourth-order valence-electron chi connectivity index (χ4n) is 2.52. The fraction of sp³-hybridized carbons (Fsp3) is 0.923. The first kappa shape index (κ1) is 13.5. The van der Waals surface area contributed by atoms with Crippen molar-refractivity contribution in [3.8, 4) is 0 Å². The van der Waals surface area contributed by atoms with Gasteiger partial charge in [0.1, 0.15) is 0 Å². The van der Waals surface area contributed by atoms with Crippen molar-refractivity contribution in [1.82, 2.24) is 4.90 Å². The standard InChI is InChI=1S/C13H26N2O/c1-10(2)9-15(3)13(16)8-11-6-4-5-7-12(11)14/h10-12H,4-9,14H2,1-3H3. The van der Waals surface area contributed by atoms with E-state index >= 15 is 0 Å². The van der Waals surface area contributed by atoms with Crippen molar-refractivity contribution in [2.24, 2.45) is 17.6 Å². The van der Waals surface area contributed by atoms with E-state index in [2.05, 4.69) is 13.8 Å². The minimum Gasteiger partial charge on any atom is -0.345 e. The highest BCUT2D eigenvalue weighted by Crippen LogP contribution is 2.26. The third-order valence-corrected chi connectivity index (χ3v) is 3.47. The Morgan fingerprint density at radius 1 is 1.38 bits per heavy atom. The molecule has 0 aromatic rings. The highest BCUT2D eigenvalue weighted by molar-refractivity contribution is 5.76. The smallest absolute Gasteiger partial charge is 0.222 e.